The Kier molecular flexibility index (Phi) is 16.5. The van der Waals surface area contributed by atoms with Crippen molar-refractivity contribution in [3.05, 3.63) is 102 Å². The van der Waals surface area contributed by atoms with Gasteiger partial charge in [0.15, 0.2) is 17.3 Å². The molecule has 4 amide bonds. The summed E-state index contributed by atoms with van der Waals surface area (Å²) in [7, 11) is 0. The molecule has 0 unspecified atom stereocenters. The summed E-state index contributed by atoms with van der Waals surface area (Å²) in [6, 6.07) is 19.2. The third-order valence-electron chi connectivity index (χ3n) is 10.1. The van der Waals surface area contributed by atoms with Crippen molar-refractivity contribution in [3.63, 3.8) is 0 Å². The average Bonchev–Trinajstić information content (AvgIpc) is 3.60. The van der Waals surface area contributed by atoms with Gasteiger partial charge in [-0.25, -0.2) is 4.79 Å². The Bertz CT molecular complexity index is 1980. The summed E-state index contributed by atoms with van der Waals surface area (Å²) in [5.74, 6) is -4.02. The predicted octanol–water partition coefficient (Wildman–Crippen LogP) is 3.43. The van der Waals surface area contributed by atoms with Crippen LogP contribution in [0.3, 0.4) is 0 Å². The number of hydrogen-bond donors (Lipinski definition) is 7. The molecular formula is C43H55N7O7. The zero-order valence-electron chi connectivity index (χ0n) is 32.6. The number of aromatic nitrogens is 1. The zero-order chi connectivity index (χ0) is 41.5. The number of Topliss-reactive ketones (excluding diaryl/α,β-unsaturated/α-hetero) is 3. The van der Waals surface area contributed by atoms with Crippen LogP contribution in [0, 0.1) is 11.8 Å². The molecule has 1 aromatic heterocycles. The van der Waals surface area contributed by atoms with Gasteiger partial charge in [0.2, 0.25) is 11.8 Å². The van der Waals surface area contributed by atoms with Gasteiger partial charge in [-0.3, -0.25) is 24.0 Å². The number of para-hydroxylation sites is 1. The Labute approximate surface area is 332 Å². The maximum Gasteiger partial charge on any atom is 0.318 e. The number of ketones is 3. The minimum Gasteiger partial charge on any atom is -0.508 e. The maximum atomic E-state index is 14.3. The first-order valence-corrected chi connectivity index (χ1v) is 19.3. The van der Waals surface area contributed by atoms with Crippen LogP contribution in [0.4, 0.5) is 4.79 Å². The summed E-state index contributed by atoms with van der Waals surface area (Å²) in [5.41, 5.74) is 20.2. The van der Waals surface area contributed by atoms with Gasteiger partial charge < -0.3 is 42.8 Å². The number of amides is 4. The summed E-state index contributed by atoms with van der Waals surface area (Å²) in [5, 5.41) is 16.2. The monoisotopic (exact) mass is 781 g/mol. The summed E-state index contributed by atoms with van der Waals surface area (Å²) >= 11 is 0. The Morgan fingerprint density at radius 1 is 0.772 bits per heavy atom. The fourth-order valence-corrected chi connectivity index (χ4v) is 6.60. The number of nitrogens with two attached hydrogens (primary N) is 3. The van der Waals surface area contributed by atoms with Crippen LogP contribution in [-0.2, 0) is 43.4 Å². The van der Waals surface area contributed by atoms with Crippen LogP contribution in [0.1, 0.15) is 62.6 Å². The molecule has 0 saturated carbocycles. The van der Waals surface area contributed by atoms with Crippen molar-refractivity contribution in [2.75, 3.05) is 13.1 Å². The number of hydrogen-bond acceptors (Lipinski definition) is 9. The fraction of sp³-hybridized carbons (Fsp3) is 0.395. The third-order valence-corrected chi connectivity index (χ3v) is 10.1. The summed E-state index contributed by atoms with van der Waals surface area (Å²) in [4.78, 5) is 85.2. The van der Waals surface area contributed by atoms with E-state index in [1.807, 2.05) is 54.6 Å². The highest BCUT2D eigenvalue weighted by atomic mass is 16.3. The molecule has 57 heavy (non-hydrogen) atoms. The number of rotatable bonds is 23. The first-order valence-electron chi connectivity index (χ1n) is 19.3. The molecule has 0 aliphatic heterocycles. The minimum absolute atomic E-state index is 0.00244. The molecule has 14 nitrogen and oxygen atoms in total. The number of phenols is 1. The topological polar surface area (TPSA) is 244 Å². The molecule has 4 rings (SSSR count). The molecule has 0 saturated heterocycles. The number of aromatic amines is 1. The Morgan fingerprint density at radius 2 is 1.44 bits per heavy atom. The molecule has 0 bridgehead atoms. The number of carbonyl (C=O) groups is 6. The first-order chi connectivity index (χ1) is 27.2. The van der Waals surface area contributed by atoms with Crippen molar-refractivity contribution in [1.82, 2.24) is 20.5 Å². The number of H-pyrrole nitrogens is 1. The number of nitrogens with one attached hydrogen (secondary N) is 3. The van der Waals surface area contributed by atoms with Gasteiger partial charge in [0.25, 0.3) is 0 Å². The maximum absolute atomic E-state index is 14.3. The third kappa shape index (κ3) is 13.4. The van der Waals surface area contributed by atoms with E-state index in [9.17, 15) is 33.9 Å². The molecule has 14 heteroatoms. The highest BCUT2D eigenvalue weighted by Crippen LogP contribution is 2.24. The molecular weight excluding hydrogens is 727 g/mol. The van der Waals surface area contributed by atoms with Crippen LogP contribution >= 0.6 is 0 Å². The SMILES string of the molecule is C[C@H](N)C(=O)CN(Cc1ccc(O)cc1)C(=O)N[C@@H](C)C(=O)C[C@@H](Cc1c[nH]c2ccccc12)C(=O)N[C@H](Cc1ccccc1)C(=O)C[C@@H](CCCCN)C(N)=O. The Morgan fingerprint density at radius 3 is 2.11 bits per heavy atom. The highest BCUT2D eigenvalue weighted by Gasteiger charge is 2.32. The zero-order valence-corrected chi connectivity index (χ0v) is 32.6. The highest BCUT2D eigenvalue weighted by molar-refractivity contribution is 5.96. The number of aromatic hydroxyl groups is 1. The van der Waals surface area contributed by atoms with Crippen LogP contribution in [-0.4, -0.2) is 81.4 Å². The molecule has 10 N–H and O–H groups in total. The van der Waals surface area contributed by atoms with Crippen LogP contribution in [0.15, 0.2) is 85.1 Å². The van der Waals surface area contributed by atoms with E-state index in [0.717, 1.165) is 22.0 Å². The molecule has 0 fully saturated rings. The number of phenolic OH excluding ortho intramolecular Hbond substituents is 1. The number of primary amides is 1. The lowest BCUT2D eigenvalue weighted by Gasteiger charge is -2.26. The van der Waals surface area contributed by atoms with E-state index in [1.54, 1.807) is 18.3 Å². The van der Waals surface area contributed by atoms with E-state index >= 15 is 0 Å². The summed E-state index contributed by atoms with van der Waals surface area (Å²) < 4.78 is 0. The van der Waals surface area contributed by atoms with E-state index in [0.29, 0.717) is 31.4 Å². The molecule has 0 radical (unpaired) electrons. The second-order valence-corrected chi connectivity index (χ2v) is 14.7. The number of benzene rings is 3. The van der Waals surface area contributed by atoms with Gasteiger partial charge >= 0.3 is 6.03 Å². The number of fused-ring (bicyclic) bond motifs is 1. The average molecular weight is 782 g/mol. The van der Waals surface area contributed by atoms with Crippen molar-refractivity contribution < 1.29 is 33.9 Å². The Balaban J connectivity index is 1.57. The fourth-order valence-electron chi connectivity index (χ4n) is 6.60. The van der Waals surface area contributed by atoms with Crippen LogP contribution in [0.25, 0.3) is 10.9 Å². The summed E-state index contributed by atoms with van der Waals surface area (Å²) in [6.07, 6.45) is 3.28. The number of carbonyl (C=O) groups excluding carboxylic acids is 6. The molecule has 0 aliphatic carbocycles. The second-order valence-electron chi connectivity index (χ2n) is 14.7. The number of nitrogens with zero attached hydrogens (tertiary/aromatic N) is 1. The van der Waals surface area contributed by atoms with Crippen LogP contribution < -0.4 is 27.8 Å². The first kappa shape index (κ1) is 43.9. The van der Waals surface area contributed by atoms with Crippen molar-refractivity contribution in [3.8, 4) is 5.75 Å². The molecule has 304 valence electrons. The molecule has 3 aromatic carbocycles. The van der Waals surface area contributed by atoms with E-state index < -0.39 is 59.4 Å². The van der Waals surface area contributed by atoms with Crippen molar-refractivity contribution in [2.24, 2.45) is 29.0 Å². The van der Waals surface area contributed by atoms with Gasteiger partial charge in [0.1, 0.15) is 5.75 Å². The molecule has 4 aromatic rings. The van der Waals surface area contributed by atoms with Gasteiger partial charge in [0, 0.05) is 48.3 Å². The lowest BCUT2D eigenvalue weighted by atomic mass is 9.89. The van der Waals surface area contributed by atoms with Gasteiger partial charge in [-0.1, -0.05) is 67.1 Å². The Hall–Kier alpha value is -5.86. The van der Waals surface area contributed by atoms with Crippen molar-refractivity contribution in [2.45, 2.75) is 83.5 Å². The van der Waals surface area contributed by atoms with E-state index in [4.69, 9.17) is 17.2 Å². The van der Waals surface area contributed by atoms with Crippen LogP contribution in [0.5, 0.6) is 5.75 Å². The quantitative estimate of drug-likeness (QED) is 0.0545. The predicted molar refractivity (Wildman–Crippen MR) is 218 cm³/mol. The smallest absolute Gasteiger partial charge is 0.318 e. The molecule has 5 atom stereocenters. The molecule has 0 spiro atoms. The molecule has 0 aliphatic rings. The van der Waals surface area contributed by atoms with Crippen molar-refractivity contribution in [1.29, 1.82) is 0 Å². The second kappa shape index (κ2) is 21.4. The van der Waals surface area contributed by atoms with Crippen molar-refractivity contribution >= 4 is 46.1 Å². The number of unbranched alkanes of at least 4 members (excludes halogenated alkanes) is 1. The van der Waals surface area contributed by atoms with Gasteiger partial charge in [-0.2, -0.15) is 0 Å². The van der Waals surface area contributed by atoms with Gasteiger partial charge in [-0.05, 0) is 81.0 Å². The minimum atomic E-state index is -1.07. The van der Waals surface area contributed by atoms with Crippen LogP contribution in [0.2, 0.25) is 0 Å². The lowest BCUT2D eigenvalue weighted by molar-refractivity contribution is -0.133. The lowest BCUT2D eigenvalue weighted by Crippen LogP contribution is -2.50. The van der Waals surface area contributed by atoms with E-state index in [-0.39, 0.29) is 50.3 Å². The van der Waals surface area contributed by atoms with Gasteiger partial charge in [0.05, 0.1) is 24.7 Å². The molecule has 1 heterocycles. The van der Waals surface area contributed by atoms with E-state index in [2.05, 4.69) is 15.6 Å². The summed E-state index contributed by atoms with van der Waals surface area (Å²) in [6.45, 7) is 3.13. The normalized spacial score (nSPS) is 13.8. The number of urea groups is 1. The largest absolute Gasteiger partial charge is 0.508 e. The van der Waals surface area contributed by atoms with Gasteiger partial charge in [-0.15, -0.1) is 0 Å². The standard InChI is InChI=1S/C43H55N7O7/c1-27(45)40(54)26-50(25-30-15-17-34(51)18-16-30)43(57)48-28(2)38(52)23-32(21-33-24-47-36-14-7-6-13-35(33)36)42(56)49-37(20-29-10-4-3-5-11-29)39(53)22-31(41(46)55)12-8-9-19-44/h3-7,10-11,13-18,24,27-28,31-32,37,47,51H,8-9,12,19-23,25-26,44-45H2,1-2H3,(H2,46,55)(H,48,57)(H,49,56)/t27-,28-,31+,32+,37+/m0/s1. The van der Waals surface area contributed by atoms with E-state index in [1.165, 1.54) is 30.9 Å².